The molecule has 0 aliphatic heterocycles. The molecule has 0 spiro atoms. The summed E-state index contributed by atoms with van der Waals surface area (Å²) < 4.78 is 33.7. The summed E-state index contributed by atoms with van der Waals surface area (Å²) in [6.07, 6.45) is 1.63. The van der Waals surface area contributed by atoms with Gasteiger partial charge in [-0.1, -0.05) is 18.9 Å². The monoisotopic (exact) mass is 432 g/mol. The molecule has 1 amide bonds. The zero-order valence-corrected chi connectivity index (χ0v) is 18.0. The van der Waals surface area contributed by atoms with Gasteiger partial charge in [0.2, 0.25) is 10.0 Å². The summed E-state index contributed by atoms with van der Waals surface area (Å²) in [6, 6.07) is 7.48. The first kappa shape index (κ1) is 21.7. The van der Waals surface area contributed by atoms with Gasteiger partial charge in [0.05, 0.1) is 4.90 Å². The average Bonchev–Trinajstić information content (AvgIpc) is 3.38. The van der Waals surface area contributed by atoms with Crippen molar-refractivity contribution in [3.05, 3.63) is 42.1 Å². The minimum absolute atomic E-state index is 0.0636. The summed E-state index contributed by atoms with van der Waals surface area (Å²) in [5.74, 6) is -0.258. The standard InChI is InChI=1S/C19H24N6O4S/c1-5-24(6-2)30(27,28)15-9-7-14(8-10-15)17(26)21-19-23-22-18(29-19)16-11-12-20-25(16)13(3)4/h7-13H,5-6H2,1-4H3,(H,21,23,26). The highest BCUT2D eigenvalue weighted by molar-refractivity contribution is 7.89. The largest absolute Gasteiger partial charge is 0.401 e. The second-order valence-electron chi connectivity index (χ2n) is 6.73. The predicted octanol–water partition coefficient (Wildman–Crippen LogP) is 2.80. The molecule has 1 N–H and O–H groups in total. The number of hydrogen-bond acceptors (Lipinski definition) is 7. The van der Waals surface area contributed by atoms with Crippen molar-refractivity contribution in [3.63, 3.8) is 0 Å². The van der Waals surface area contributed by atoms with Crippen LogP contribution < -0.4 is 5.32 Å². The number of hydrogen-bond donors (Lipinski definition) is 1. The van der Waals surface area contributed by atoms with Gasteiger partial charge in [-0.25, -0.2) is 8.42 Å². The van der Waals surface area contributed by atoms with Gasteiger partial charge >= 0.3 is 6.01 Å². The molecule has 0 saturated heterocycles. The Kier molecular flexibility index (Phi) is 6.32. The van der Waals surface area contributed by atoms with E-state index in [2.05, 4.69) is 20.6 Å². The van der Waals surface area contributed by atoms with Crippen molar-refractivity contribution in [2.24, 2.45) is 0 Å². The van der Waals surface area contributed by atoms with Crippen LogP contribution in [0.25, 0.3) is 11.6 Å². The van der Waals surface area contributed by atoms with Gasteiger partial charge in [-0.2, -0.15) is 9.40 Å². The van der Waals surface area contributed by atoms with Gasteiger partial charge in [0, 0.05) is 30.9 Å². The van der Waals surface area contributed by atoms with Crippen LogP contribution in [0.1, 0.15) is 44.1 Å². The third-order valence-corrected chi connectivity index (χ3v) is 6.55. The summed E-state index contributed by atoms with van der Waals surface area (Å²) in [7, 11) is -3.58. The minimum atomic E-state index is -3.58. The highest BCUT2D eigenvalue weighted by Gasteiger charge is 2.22. The first-order valence-corrected chi connectivity index (χ1v) is 11.0. The lowest BCUT2D eigenvalue weighted by Crippen LogP contribution is -2.30. The maximum absolute atomic E-state index is 12.5. The summed E-state index contributed by atoms with van der Waals surface area (Å²) in [4.78, 5) is 12.6. The second-order valence-corrected chi connectivity index (χ2v) is 8.67. The Hall–Kier alpha value is -3.05. The van der Waals surface area contributed by atoms with Crippen LogP contribution in [0.15, 0.2) is 45.8 Å². The zero-order valence-electron chi connectivity index (χ0n) is 17.2. The molecule has 3 aromatic rings. The van der Waals surface area contributed by atoms with Gasteiger partial charge < -0.3 is 4.42 Å². The second kappa shape index (κ2) is 8.76. The third-order valence-electron chi connectivity index (χ3n) is 4.48. The van der Waals surface area contributed by atoms with Gasteiger partial charge in [0.1, 0.15) is 5.69 Å². The van der Waals surface area contributed by atoms with Crippen LogP contribution in [0.5, 0.6) is 0 Å². The number of anilines is 1. The van der Waals surface area contributed by atoms with E-state index in [0.29, 0.717) is 18.8 Å². The molecule has 0 bridgehead atoms. The van der Waals surface area contributed by atoms with Crippen LogP contribution in [0.4, 0.5) is 6.01 Å². The summed E-state index contributed by atoms with van der Waals surface area (Å²) in [5, 5.41) is 14.5. The van der Waals surface area contributed by atoms with Crippen LogP contribution in [-0.2, 0) is 10.0 Å². The molecular formula is C19H24N6O4S. The van der Waals surface area contributed by atoms with E-state index in [1.54, 1.807) is 30.8 Å². The Morgan fingerprint density at radius 1 is 1.13 bits per heavy atom. The first-order chi connectivity index (χ1) is 14.3. The van der Waals surface area contributed by atoms with Crippen LogP contribution in [0.3, 0.4) is 0 Å². The lowest BCUT2D eigenvalue weighted by Gasteiger charge is -2.18. The van der Waals surface area contributed by atoms with Crippen molar-refractivity contribution >= 4 is 21.9 Å². The van der Waals surface area contributed by atoms with E-state index >= 15 is 0 Å². The zero-order chi connectivity index (χ0) is 21.9. The number of nitrogens with one attached hydrogen (secondary N) is 1. The number of amides is 1. The number of aromatic nitrogens is 4. The Morgan fingerprint density at radius 3 is 2.40 bits per heavy atom. The number of carbonyl (C=O) groups is 1. The van der Waals surface area contributed by atoms with Crippen molar-refractivity contribution in [2.45, 2.75) is 38.6 Å². The molecule has 0 atom stereocenters. The number of sulfonamides is 1. The van der Waals surface area contributed by atoms with Crippen LogP contribution in [-0.4, -0.2) is 51.7 Å². The van der Waals surface area contributed by atoms with E-state index in [1.165, 1.54) is 28.6 Å². The van der Waals surface area contributed by atoms with Gasteiger partial charge in [0.15, 0.2) is 0 Å². The molecule has 30 heavy (non-hydrogen) atoms. The van der Waals surface area contributed by atoms with Crippen LogP contribution in [0.2, 0.25) is 0 Å². The molecule has 0 fully saturated rings. The molecule has 1 aromatic carbocycles. The smallest absolute Gasteiger partial charge is 0.322 e. The van der Waals surface area contributed by atoms with Gasteiger partial charge in [-0.05, 0) is 44.2 Å². The molecule has 11 heteroatoms. The van der Waals surface area contributed by atoms with Gasteiger partial charge in [-0.15, -0.1) is 5.10 Å². The molecule has 3 rings (SSSR count). The van der Waals surface area contributed by atoms with E-state index in [0.717, 1.165) is 0 Å². The fourth-order valence-electron chi connectivity index (χ4n) is 2.93. The Bertz CT molecular complexity index is 1110. The summed E-state index contributed by atoms with van der Waals surface area (Å²) >= 11 is 0. The quantitative estimate of drug-likeness (QED) is 0.580. The van der Waals surface area contributed by atoms with Crippen molar-refractivity contribution in [2.75, 3.05) is 18.4 Å². The van der Waals surface area contributed by atoms with E-state index in [9.17, 15) is 13.2 Å². The highest BCUT2D eigenvalue weighted by Crippen LogP contribution is 2.23. The lowest BCUT2D eigenvalue weighted by atomic mass is 10.2. The van der Waals surface area contributed by atoms with Gasteiger partial charge in [-0.3, -0.25) is 14.8 Å². The number of rotatable bonds is 8. The number of carbonyl (C=O) groups excluding carboxylic acids is 1. The topological polar surface area (TPSA) is 123 Å². The van der Waals surface area contributed by atoms with Crippen molar-refractivity contribution in [1.82, 2.24) is 24.3 Å². The number of nitrogens with zero attached hydrogens (tertiary/aromatic N) is 5. The van der Waals surface area contributed by atoms with Crippen LogP contribution in [0, 0.1) is 0 Å². The number of benzene rings is 1. The molecule has 0 saturated carbocycles. The molecular weight excluding hydrogens is 408 g/mol. The van der Waals surface area contributed by atoms with Gasteiger partial charge in [0.25, 0.3) is 11.8 Å². The fourth-order valence-corrected chi connectivity index (χ4v) is 4.39. The fraction of sp³-hybridized carbons (Fsp3) is 0.368. The maximum Gasteiger partial charge on any atom is 0.322 e. The van der Waals surface area contributed by atoms with Crippen LogP contribution >= 0.6 is 0 Å². The van der Waals surface area contributed by atoms with Crippen molar-refractivity contribution in [3.8, 4) is 11.6 Å². The molecule has 0 aliphatic carbocycles. The van der Waals surface area contributed by atoms with E-state index in [1.807, 2.05) is 13.8 Å². The maximum atomic E-state index is 12.5. The van der Waals surface area contributed by atoms with E-state index in [-0.39, 0.29) is 28.4 Å². The Morgan fingerprint density at radius 2 is 1.80 bits per heavy atom. The minimum Gasteiger partial charge on any atom is -0.401 e. The molecule has 0 radical (unpaired) electrons. The SMILES string of the molecule is CCN(CC)S(=O)(=O)c1ccc(C(=O)Nc2nnc(-c3ccnn3C(C)C)o2)cc1. The van der Waals surface area contributed by atoms with E-state index in [4.69, 9.17) is 4.42 Å². The van der Waals surface area contributed by atoms with Crippen molar-refractivity contribution in [1.29, 1.82) is 0 Å². The molecule has 2 heterocycles. The van der Waals surface area contributed by atoms with Crippen molar-refractivity contribution < 1.29 is 17.6 Å². The molecule has 0 aliphatic rings. The summed E-state index contributed by atoms with van der Waals surface area (Å²) in [6.45, 7) is 8.23. The Balaban J connectivity index is 1.74. The molecule has 10 nitrogen and oxygen atoms in total. The predicted molar refractivity (Wildman–Crippen MR) is 110 cm³/mol. The first-order valence-electron chi connectivity index (χ1n) is 9.56. The normalized spacial score (nSPS) is 11.9. The van der Waals surface area contributed by atoms with E-state index < -0.39 is 15.9 Å². The molecule has 0 unspecified atom stereocenters. The average molecular weight is 433 g/mol. The summed E-state index contributed by atoms with van der Waals surface area (Å²) in [5.41, 5.74) is 0.907. The lowest BCUT2D eigenvalue weighted by molar-refractivity contribution is 0.102. The molecule has 2 aromatic heterocycles. The highest BCUT2D eigenvalue weighted by atomic mass is 32.2. The Labute approximate surface area is 175 Å². The third kappa shape index (κ3) is 4.26. The molecule has 160 valence electrons.